The van der Waals surface area contributed by atoms with E-state index in [9.17, 15) is 4.79 Å². The Morgan fingerprint density at radius 3 is 2.83 bits per heavy atom. The van der Waals surface area contributed by atoms with Crippen LogP contribution in [0.3, 0.4) is 0 Å². The number of fused-ring (bicyclic) bond motifs is 1. The number of methoxy groups -OCH3 is 1. The number of ether oxygens (including phenoxy) is 1. The molecule has 1 fully saturated rings. The third-order valence-electron chi connectivity index (χ3n) is 6.69. The normalized spacial score (nSPS) is 15.7. The lowest BCUT2D eigenvalue weighted by molar-refractivity contribution is 0.0968. The van der Waals surface area contributed by atoms with Crippen LogP contribution < -0.4 is 15.0 Å². The number of halogens is 1. The van der Waals surface area contributed by atoms with Gasteiger partial charge >= 0.3 is 0 Å². The van der Waals surface area contributed by atoms with E-state index in [1.165, 1.54) is 12.1 Å². The van der Waals surface area contributed by atoms with Crippen molar-refractivity contribution in [2.24, 2.45) is 0 Å². The van der Waals surface area contributed by atoms with E-state index in [0.29, 0.717) is 30.2 Å². The Morgan fingerprint density at radius 1 is 1.28 bits per heavy atom. The topological polar surface area (TPSA) is 85.2 Å². The van der Waals surface area contributed by atoms with E-state index in [0.717, 1.165) is 41.5 Å². The molecule has 5 rings (SSSR count). The maximum absolute atomic E-state index is 15.5. The molecule has 0 bridgehead atoms. The van der Waals surface area contributed by atoms with Crippen LogP contribution in [0.4, 0.5) is 10.2 Å². The molecule has 1 aliphatic heterocycles. The largest absolute Gasteiger partial charge is 0.497 e. The molecule has 186 valence electrons. The van der Waals surface area contributed by atoms with Gasteiger partial charge in [0.25, 0.3) is 5.91 Å². The maximum Gasteiger partial charge on any atom is 0.262 e. The van der Waals surface area contributed by atoms with Crippen LogP contribution in [0.25, 0.3) is 22.0 Å². The van der Waals surface area contributed by atoms with Crippen molar-refractivity contribution < 1.29 is 13.9 Å². The Balaban J connectivity index is 1.59. The van der Waals surface area contributed by atoms with Gasteiger partial charge in [0, 0.05) is 30.2 Å². The number of benzene rings is 2. The van der Waals surface area contributed by atoms with Gasteiger partial charge in [0.15, 0.2) is 0 Å². The third kappa shape index (κ3) is 4.42. The Bertz CT molecular complexity index is 1410. The smallest absolute Gasteiger partial charge is 0.262 e. The summed E-state index contributed by atoms with van der Waals surface area (Å²) in [6.07, 6.45) is 5.16. The summed E-state index contributed by atoms with van der Waals surface area (Å²) in [5.74, 6) is 0.243. The highest BCUT2D eigenvalue weighted by Gasteiger charge is 2.32. The summed E-state index contributed by atoms with van der Waals surface area (Å²) in [5, 5.41) is 13.3. The summed E-state index contributed by atoms with van der Waals surface area (Å²) < 4.78 is 22.6. The molecule has 1 amide bonds. The van der Waals surface area contributed by atoms with E-state index >= 15 is 4.39 Å². The molecule has 1 N–H and O–H groups in total. The van der Waals surface area contributed by atoms with Crippen molar-refractivity contribution in [1.29, 1.82) is 0 Å². The summed E-state index contributed by atoms with van der Waals surface area (Å²) in [7, 11) is 1.63. The van der Waals surface area contributed by atoms with Crippen LogP contribution in [0.5, 0.6) is 5.75 Å². The number of carbonyl (C=O) groups is 1. The molecule has 0 radical (unpaired) electrons. The monoisotopic (exact) mass is 488 g/mol. The third-order valence-corrected chi connectivity index (χ3v) is 6.69. The second-order valence-corrected chi connectivity index (χ2v) is 9.01. The summed E-state index contributed by atoms with van der Waals surface area (Å²) >= 11 is 0. The van der Waals surface area contributed by atoms with Crippen LogP contribution in [-0.4, -0.2) is 52.1 Å². The molecule has 2 aromatic carbocycles. The highest BCUT2D eigenvalue weighted by Crippen LogP contribution is 2.34. The summed E-state index contributed by atoms with van der Waals surface area (Å²) in [6.45, 7) is 6.09. The Kier molecular flexibility index (Phi) is 6.65. The van der Waals surface area contributed by atoms with Gasteiger partial charge in [-0.1, -0.05) is 11.3 Å². The highest BCUT2D eigenvalue weighted by atomic mass is 19.1. The summed E-state index contributed by atoms with van der Waals surface area (Å²) in [5.41, 5.74) is 2.06. The number of rotatable bonds is 6. The van der Waals surface area contributed by atoms with E-state index in [1.54, 1.807) is 35.2 Å². The van der Waals surface area contributed by atoms with Gasteiger partial charge in [-0.15, -0.1) is 5.10 Å². The van der Waals surface area contributed by atoms with E-state index in [4.69, 9.17) is 4.74 Å². The number of hydrogen-bond donors (Lipinski definition) is 1. The fraction of sp³-hybridized carbons (Fsp3) is 0.333. The van der Waals surface area contributed by atoms with Gasteiger partial charge < -0.3 is 10.1 Å². The lowest BCUT2D eigenvalue weighted by Crippen LogP contribution is -2.49. The molecule has 1 aliphatic rings. The molecule has 4 aromatic rings. The fourth-order valence-electron chi connectivity index (χ4n) is 4.82. The van der Waals surface area contributed by atoms with E-state index in [2.05, 4.69) is 20.6 Å². The predicted molar refractivity (Wildman–Crippen MR) is 137 cm³/mol. The first-order valence-corrected chi connectivity index (χ1v) is 12.2. The SMILES string of the molecule is CCn1cc(-c2ccc(C(=O)N(c3nccc4cc(OC)cc(C)c34)[C@@H]3CCCNC3)c(F)c2)nn1. The lowest BCUT2D eigenvalue weighted by Gasteiger charge is -2.35. The average molecular weight is 489 g/mol. The van der Waals surface area contributed by atoms with Crippen LogP contribution in [0.15, 0.2) is 48.8 Å². The van der Waals surface area contributed by atoms with Crippen molar-refractivity contribution in [1.82, 2.24) is 25.3 Å². The minimum absolute atomic E-state index is 0.00262. The van der Waals surface area contributed by atoms with Crippen LogP contribution in [0, 0.1) is 12.7 Å². The molecule has 0 aliphatic carbocycles. The Labute approximate surface area is 209 Å². The molecular formula is C27H29FN6O2. The second-order valence-electron chi connectivity index (χ2n) is 9.01. The van der Waals surface area contributed by atoms with Crippen molar-refractivity contribution in [2.45, 2.75) is 39.3 Å². The number of piperidine rings is 1. The molecule has 8 nitrogen and oxygen atoms in total. The van der Waals surface area contributed by atoms with Crippen LogP contribution in [0.2, 0.25) is 0 Å². The molecule has 1 atom stereocenters. The number of anilines is 1. The van der Waals surface area contributed by atoms with Crippen molar-refractivity contribution in [3.63, 3.8) is 0 Å². The van der Waals surface area contributed by atoms with Gasteiger partial charge in [0.05, 0.1) is 24.9 Å². The van der Waals surface area contributed by atoms with Gasteiger partial charge in [-0.2, -0.15) is 0 Å². The number of amides is 1. The minimum Gasteiger partial charge on any atom is -0.497 e. The zero-order valence-corrected chi connectivity index (χ0v) is 20.7. The van der Waals surface area contributed by atoms with Crippen molar-refractivity contribution in [2.75, 3.05) is 25.1 Å². The Morgan fingerprint density at radius 2 is 2.14 bits per heavy atom. The van der Waals surface area contributed by atoms with Gasteiger partial charge in [0.1, 0.15) is 23.1 Å². The lowest BCUT2D eigenvalue weighted by atomic mass is 10.0. The van der Waals surface area contributed by atoms with Crippen LogP contribution >= 0.6 is 0 Å². The first kappa shape index (κ1) is 23.9. The van der Waals surface area contributed by atoms with Gasteiger partial charge in [0.2, 0.25) is 0 Å². The van der Waals surface area contributed by atoms with Crippen LogP contribution in [-0.2, 0) is 6.54 Å². The first-order valence-electron chi connectivity index (χ1n) is 12.2. The molecule has 0 saturated carbocycles. The number of aromatic nitrogens is 4. The number of hydrogen-bond acceptors (Lipinski definition) is 6. The molecule has 0 unspecified atom stereocenters. The molecule has 1 saturated heterocycles. The standard InChI is InChI=1S/C27H29FN6O2/c1-4-33-16-24(31-32-33)18-7-8-22(23(28)14-18)27(35)34(20-6-5-10-29-15-20)26-25-17(2)12-21(36-3)13-19(25)9-11-30-26/h7-9,11-14,16,20,29H,4-6,10,15H2,1-3H3/t20-/m1/s1. The van der Waals surface area contributed by atoms with Crippen LogP contribution in [0.1, 0.15) is 35.7 Å². The zero-order chi connectivity index (χ0) is 25.2. The first-order chi connectivity index (χ1) is 17.5. The number of carbonyl (C=O) groups excluding carboxylic acids is 1. The Hall–Kier alpha value is -3.85. The maximum atomic E-state index is 15.5. The predicted octanol–water partition coefficient (Wildman–Crippen LogP) is 4.37. The van der Waals surface area contributed by atoms with Gasteiger partial charge in [-0.05, 0) is 74.5 Å². The van der Waals surface area contributed by atoms with Crippen molar-refractivity contribution in [3.8, 4) is 17.0 Å². The highest BCUT2D eigenvalue weighted by molar-refractivity contribution is 6.11. The van der Waals surface area contributed by atoms with Crippen molar-refractivity contribution >= 4 is 22.5 Å². The molecule has 0 spiro atoms. The molecular weight excluding hydrogens is 459 g/mol. The zero-order valence-electron chi connectivity index (χ0n) is 20.7. The van der Waals surface area contributed by atoms with Gasteiger partial charge in [-0.25, -0.2) is 9.37 Å². The molecule has 3 heterocycles. The number of aryl methyl sites for hydroxylation is 2. The summed E-state index contributed by atoms with van der Waals surface area (Å²) in [6, 6.07) is 10.2. The molecule has 36 heavy (non-hydrogen) atoms. The quantitative estimate of drug-likeness (QED) is 0.434. The fourth-order valence-corrected chi connectivity index (χ4v) is 4.82. The van der Waals surface area contributed by atoms with E-state index in [-0.39, 0.29) is 11.6 Å². The number of nitrogens with one attached hydrogen (secondary N) is 1. The van der Waals surface area contributed by atoms with E-state index in [1.807, 2.05) is 32.0 Å². The van der Waals surface area contributed by atoms with Crippen molar-refractivity contribution in [3.05, 3.63) is 65.7 Å². The van der Waals surface area contributed by atoms with E-state index < -0.39 is 11.7 Å². The van der Waals surface area contributed by atoms with Gasteiger partial charge in [-0.3, -0.25) is 14.4 Å². The molecule has 9 heteroatoms. The number of nitrogens with zero attached hydrogens (tertiary/aromatic N) is 5. The summed E-state index contributed by atoms with van der Waals surface area (Å²) in [4.78, 5) is 20.3. The minimum atomic E-state index is -0.601. The average Bonchev–Trinajstić information content (AvgIpc) is 3.38. The number of pyridine rings is 1. The second kappa shape index (κ2) is 10.0. The molecule has 2 aromatic heterocycles.